The van der Waals surface area contributed by atoms with Crippen LogP contribution in [0.2, 0.25) is 0 Å². The SMILES string of the molecule is CS(=O)(=O)c1cccc(-c2n[nH]c(S(C)(=O)=O)n2)c1. The molecule has 0 spiro atoms. The predicted octanol–water partition coefficient (Wildman–Crippen LogP) is 0.279. The summed E-state index contributed by atoms with van der Waals surface area (Å²) >= 11 is 0. The topological polar surface area (TPSA) is 110 Å². The minimum atomic E-state index is -3.48. The molecule has 19 heavy (non-hydrogen) atoms. The smallest absolute Gasteiger partial charge is 0.243 e. The Kier molecular flexibility index (Phi) is 3.19. The molecule has 1 N–H and O–H groups in total. The fourth-order valence-electron chi connectivity index (χ4n) is 1.41. The van der Waals surface area contributed by atoms with Crippen molar-refractivity contribution in [1.29, 1.82) is 0 Å². The molecule has 2 aromatic rings. The van der Waals surface area contributed by atoms with Crippen molar-refractivity contribution in [2.45, 2.75) is 10.1 Å². The van der Waals surface area contributed by atoms with Crippen LogP contribution in [0.5, 0.6) is 0 Å². The number of H-pyrrole nitrogens is 1. The third kappa shape index (κ3) is 2.99. The molecule has 1 heterocycles. The molecule has 7 nitrogen and oxygen atoms in total. The average Bonchev–Trinajstić information content (AvgIpc) is 2.77. The van der Waals surface area contributed by atoms with E-state index in [0.29, 0.717) is 5.56 Å². The Morgan fingerprint density at radius 2 is 1.74 bits per heavy atom. The Morgan fingerprint density at radius 3 is 2.26 bits per heavy atom. The maximum atomic E-state index is 11.4. The predicted molar refractivity (Wildman–Crippen MR) is 68.0 cm³/mol. The third-order valence-corrected chi connectivity index (χ3v) is 4.33. The van der Waals surface area contributed by atoms with Crippen LogP contribution in [0.15, 0.2) is 34.3 Å². The minimum absolute atomic E-state index is 0.121. The van der Waals surface area contributed by atoms with Gasteiger partial charge < -0.3 is 0 Å². The lowest BCUT2D eigenvalue weighted by molar-refractivity contribution is 0.593. The van der Waals surface area contributed by atoms with Gasteiger partial charge in [0.15, 0.2) is 15.7 Å². The van der Waals surface area contributed by atoms with E-state index in [1.54, 1.807) is 12.1 Å². The lowest BCUT2D eigenvalue weighted by Gasteiger charge is -1.99. The van der Waals surface area contributed by atoms with Crippen molar-refractivity contribution in [1.82, 2.24) is 15.2 Å². The molecule has 0 amide bonds. The zero-order valence-electron chi connectivity index (χ0n) is 10.2. The Balaban J connectivity index is 2.52. The van der Waals surface area contributed by atoms with Gasteiger partial charge in [-0.05, 0) is 12.1 Å². The number of nitrogens with one attached hydrogen (secondary N) is 1. The molecule has 0 aliphatic rings. The molecular formula is C10H11N3O4S2. The van der Waals surface area contributed by atoms with Gasteiger partial charge in [0.25, 0.3) is 0 Å². The second-order valence-corrected chi connectivity index (χ2v) is 7.98. The number of aromatic nitrogens is 3. The molecule has 0 unspecified atom stereocenters. The second-order valence-electron chi connectivity index (χ2n) is 4.04. The lowest BCUT2D eigenvalue weighted by atomic mass is 10.2. The van der Waals surface area contributed by atoms with Gasteiger partial charge >= 0.3 is 0 Å². The highest BCUT2D eigenvalue weighted by atomic mass is 32.2. The minimum Gasteiger partial charge on any atom is -0.249 e. The van der Waals surface area contributed by atoms with Gasteiger partial charge in [-0.1, -0.05) is 12.1 Å². The molecule has 0 atom stereocenters. The van der Waals surface area contributed by atoms with E-state index in [2.05, 4.69) is 15.2 Å². The van der Waals surface area contributed by atoms with Crippen LogP contribution >= 0.6 is 0 Å². The van der Waals surface area contributed by atoms with E-state index < -0.39 is 19.7 Å². The third-order valence-electron chi connectivity index (χ3n) is 2.34. The zero-order chi connectivity index (χ0) is 14.3. The summed E-state index contributed by atoms with van der Waals surface area (Å²) in [4.78, 5) is 3.95. The normalized spacial score (nSPS) is 12.5. The zero-order valence-corrected chi connectivity index (χ0v) is 11.8. The highest BCUT2D eigenvalue weighted by Gasteiger charge is 2.15. The molecule has 0 saturated heterocycles. The van der Waals surface area contributed by atoms with Gasteiger partial charge in [-0.25, -0.2) is 21.9 Å². The van der Waals surface area contributed by atoms with Crippen LogP contribution in [0.3, 0.4) is 0 Å². The first-order chi connectivity index (χ1) is 8.68. The Labute approximate surface area is 110 Å². The highest BCUT2D eigenvalue weighted by Crippen LogP contribution is 2.19. The molecule has 0 saturated carbocycles. The first-order valence-corrected chi connectivity index (χ1v) is 8.89. The Hall–Kier alpha value is -1.74. The summed E-state index contributed by atoms with van der Waals surface area (Å²) in [5.74, 6) is 0.130. The van der Waals surface area contributed by atoms with Crippen molar-refractivity contribution in [3.05, 3.63) is 24.3 Å². The number of rotatable bonds is 3. The van der Waals surface area contributed by atoms with Crippen LogP contribution in [0.4, 0.5) is 0 Å². The lowest BCUT2D eigenvalue weighted by Crippen LogP contribution is -1.99. The summed E-state index contributed by atoms with van der Waals surface area (Å²) in [6.45, 7) is 0. The molecule has 2 rings (SSSR count). The van der Waals surface area contributed by atoms with E-state index in [1.807, 2.05) is 0 Å². The largest absolute Gasteiger partial charge is 0.249 e. The Morgan fingerprint density at radius 1 is 1.05 bits per heavy atom. The molecule has 0 bridgehead atoms. The van der Waals surface area contributed by atoms with E-state index >= 15 is 0 Å². The van der Waals surface area contributed by atoms with Crippen molar-refractivity contribution in [3.63, 3.8) is 0 Å². The summed E-state index contributed by atoms with van der Waals surface area (Å²) in [6, 6.07) is 5.99. The van der Waals surface area contributed by atoms with Crippen molar-refractivity contribution < 1.29 is 16.8 Å². The number of hydrogen-bond acceptors (Lipinski definition) is 6. The molecule has 9 heteroatoms. The molecule has 1 aromatic heterocycles. The van der Waals surface area contributed by atoms with Gasteiger partial charge in [-0.3, -0.25) is 0 Å². The molecule has 102 valence electrons. The molecule has 1 aromatic carbocycles. The number of sulfone groups is 2. The van der Waals surface area contributed by atoms with Crippen LogP contribution in [0, 0.1) is 0 Å². The highest BCUT2D eigenvalue weighted by molar-refractivity contribution is 7.90. The number of nitrogens with zero attached hydrogens (tertiary/aromatic N) is 2. The molecule has 0 fully saturated rings. The van der Waals surface area contributed by atoms with Gasteiger partial charge in [-0.15, -0.1) is 0 Å². The van der Waals surface area contributed by atoms with Gasteiger partial charge in [0.2, 0.25) is 15.0 Å². The van der Waals surface area contributed by atoms with E-state index in [9.17, 15) is 16.8 Å². The Bertz CT molecular complexity index is 822. The summed E-state index contributed by atoms with van der Waals surface area (Å²) in [7, 11) is -6.81. The maximum Gasteiger partial charge on any atom is 0.243 e. The monoisotopic (exact) mass is 301 g/mol. The number of hydrogen-bond donors (Lipinski definition) is 1. The van der Waals surface area contributed by atoms with E-state index in [-0.39, 0.29) is 15.9 Å². The van der Waals surface area contributed by atoms with Gasteiger partial charge in [0.05, 0.1) is 4.90 Å². The molecule has 0 radical (unpaired) electrons. The van der Waals surface area contributed by atoms with Crippen LogP contribution in [-0.4, -0.2) is 44.5 Å². The fourth-order valence-corrected chi connectivity index (χ4v) is 2.54. The van der Waals surface area contributed by atoms with Crippen molar-refractivity contribution in [2.75, 3.05) is 12.5 Å². The molecule has 0 aliphatic carbocycles. The van der Waals surface area contributed by atoms with Gasteiger partial charge in [-0.2, -0.15) is 10.1 Å². The van der Waals surface area contributed by atoms with Crippen molar-refractivity contribution >= 4 is 19.7 Å². The van der Waals surface area contributed by atoms with Crippen molar-refractivity contribution in [3.8, 4) is 11.4 Å². The molecule has 0 aliphatic heterocycles. The summed E-state index contributed by atoms with van der Waals surface area (Å²) in [5.41, 5.74) is 0.425. The number of benzene rings is 1. The van der Waals surface area contributed by atoms with Gasteiger partial charge in [0.1, 0.15) is 0 Å². The summed E-state index contributed by atoms with van der Waals surface area (Å²) in [5, 5.41) is 5.81. The standard InChI is InChI=1S/C10H11N3O4S2/c1-18(14,15)8-5-3-4-7(6-8)9-11-10(13-12-9)19(2,16)17/h3-6H,1-2H3,(H,11,12,13). The summed E-state index contributed by atoms with van der Waals surface area (Å²) < 4.78 is 45.4. The van der Waals surface area contributed by atoms with Gasteiger partial charge in [0, 0.05) is 18.1 Å². The maximum absolute atomic E-state index is 11.4. The van der Waals surface area contributed by atoms with E-state index in [4.69, 9.17) is 0 Å². The fraction of sp³-hybridized carbons (Fsp3) is 0.200. The first-order valence-electron chi connectivity index (χ1n) is 5.11. The summed E-state index contributed by atoms with van der Waals surface area (Å²) in [6.07, 6.45) is 2.09. The van der Waals surface area contributed by atoms with Crippen molar-refractivity contribution in [2.24, 2.45) is 0 Å². The number of aromatic amines is 1. The molecular weight excluding hydrogens is 290 g/mol. The van der Waals surface area contributed by atoms with Crippen LogP contribution in [0.1, 0.15) is 0 Å². The van der Waals surface area contributed by atoms with E-state index in [0.717, 1.165) is 12.5 Å². The first kappa shape index (κ1) is 13.7. The van der Waals surface area contributed by atoms with Crippen LogP contribution < -0.4 is 0 Å². The van der Waals surface area contributed by atoms with Crippen LogP contribution in [0.25, 0.3) is 11.4 Å². The van der Waals surface area contributed by atoms with E-state index in [1.165, 1.54) is 12.1 Å². The van der Waals surface area contributed by atoms with Crippen LogP contribution in [-0.2, 0) is 19.7 Å². The second kappa shape index (κ2) is 4.42. The average molecular weight is 301 g/mol. The quantitative estimate of drug-likeness (QED) is 0.872.